The molecule has 0 saturated carbocycles. The van der Waals surface area contributed by atoms with E-state index in [2.05, 4.69) is 5.32 Å². The van der Waals surface area contributed by atoms with Gasteiger partial charge in [-0.05, 0) is 25.1 Å². The molecule has 0 bridgehead atoms. The lowest BCUT2D eigenvalue weighted by molar-refractivity contribution is -0.384. The molecule has 1 aromatic rings. The summed E-state index contributed by atoms with van der Waals surface area (Å²) in [5.41, 5.74) is 5.20. The standard InChI is InChI=1S/C9H14N4O4S/c10-4-1-5-12-8-3-2-7(18(11,16)17)6-9(8)13(14)15/h2-3,6,12H,1,4-5,10H2,(H2,11,16,17). The van der Waals surface area contributed by atoms with E-state index in [1.807, 2.05) is 0 Å². The Hall–Kier alpha value is -1.71. The lowest BCUT2D eigenvalue weighted by atomic mass is 10.2. The molecular weight excluding hydrogens is 260 g/mol. The van der Waals surface area contributed by atoms with Gasteiger partial charge >= 0.3 is 0 Å². The molecule has 0 heterocycles. The van der Waals surface area contributed by atoms with E-state index in [4.69, 9.17) is 10.9 Å². The number of hydrogen-bond acceptors (Lipinski definition) is 6. The van der Waals surface area contributed by atoms with Crippen molar-refractivity contribution in [1.29, 1.82) is 0 Å². The van der Waals surface area contributed by atoms with E-state index in [0.717, 1.165) is 6.07 Å². The summed E-state index contributed by atoms with van der Waals surface area (Å²) in [6, 6.07) is 3.46. The van der Waals surface area contributed by atoms with Crippen LogP contribution in [0.3, 0.4) is 0 Å². The van der Waals surface area contributed by atoms with Crippen molar-refractivity contribution in [1.82, 2.24) is 0 Å². The minimum atomic E-state index is -3.95. The Balaban J connectivity index is 3.09. The molecule has 0 aromatic heterocycles. The molecule has 5 N–H and O–H groups in total. The number of rotatable bonds is 6. The molecule has 0 unspecified atom stereocenters. The van der Waals surface area contributed by atoms with Gasteiger partial charge in [-0.15, -0.1) is 0 Å². The maximum Gasteiger partial charge on any atom is 0.293 e. The Morgan fingerprint density at radius 3 is 2.56 bits per heavy atom. The van der Waals surface area contributed by atoms with Crippen LogP contribution in [0.5, 0.6) is 0 Å². The monoisotopic (exact) mass is 274 g/mol. The van der Waals surface area contributed by atoms with Gasteiger partial charge in [-0.25, -0.2) is 13.6 Å². The van der Waals surface area contributed by atoms with Crippen molar-refractivity contribution in [2.24, 2.45) is 10.9 Å². The summed E-state index contributed by atoms with van der Waals surface area (Å²) >= 11 is 0. The molecule has 1 aromatic carbocycles. The second-order valence-electron chi connectivity index (χ2n) is 3.55. The Kier molecular flexibility index (Phi) is 4.59. The Morgan fingerprint density at radius 1 is 1.39 bits per heavy atom. The summed E-state index contributed by atoms with van der Waals surface area (Å²) in [5.74, 6) is 0. The lowest BCUT2D eigenvalue weighted by Crippen LogP contribution is -2.13. The van der Waals surface area contributed by atoms with Gasteiger partial charge in [-0.3, -0.25) is 10.1 Å². The highest BCUT2D eigenvalue weighted by Gasteiger charge is 2.18. The second-order valence-corrected chi connectivity index (χ2v) is 5.11. The fourth-order valence-electron chi connectivity index (χ4n) is 1.31. The van der Waals surface area contributed by atoms with E-state index in [9.17, 15) is 18.5 Å². The summed E-state index contributed by atoms with van der Waals surface area (Å²) < 4.78 is 22.2. The first-order chi connectivity index (χ1) is 8.36. The van der Waals surface area contributed by atoms with Gasteiger partial charge in [-0.1, -0.05) is 0 Å². The fourth-order valence-corrected chi connectivity index (χ4v) is 1.85. The largest absolute Gasteiger partial charge is 0.379 e. The number of nitro groups is 1. The number of primary sulfonamides is 1. The summed E-state index contributed by atoms with van der Waals surface area (Å²) in [4.78, 5) is 9.88. The van der Waals surface area contributed by atoms with E-state index < -0.39 is 14.9 Å². The number of nitrogens with two attached hydrogens (primary N) is 2. The molecule has 100 valence electrons. The molecule has 0 amide bonds. The van der Waals surface area contributed by atoms with Crippen molar-refractivity contribution < 1.29 is 13.3 Å². The first-order valence-corrected chi connectivity index (χ1v) is 6.66. The average molecular weight is 274 g/mol. The van der Waals surface area contributed by atoms with Crippen molar-refractivity contribution >= 4 is 21.4 Å². The van der Waals surface area contributed by atoms with Gasteiger partial charge in [0.2, 0.25) is 10.0 Å². The highest BCUT2D eigenvalue weighted by Crippen LogP contribution is 2.26. The molecule has 0 spiro atoms. The predicted molar refractivity (Wildman–Crippen MR) is 66.6 cm³/mol. The molecular formula is C9H14N4O4S. The van der Waals surface area contributed by atoms with Crippen LogP contribution >= 0.6 is 0 Å². The molecule has 8 nitrogen and oxygen atoms in total. The summed E-state index contributed by atoms with van der Waals surface area (Å²) in [6.45, 7) is 0.919. The first-order valence-electron chi connectivity index (χ1n) is 5.11. The summed E-state index contributed by atoms with van der Waals surface area (Å²) in [6.07, 6.45) is 0.647. The quantitative estimate of drug-likeness (QED) is 0.379. The van der Waals surface area contributed by atoms with Gasteiger partial charge in [0.25, 0.3) is 5.69 Å². The van der Waals surface area contributed by atoms with Crippen LogP contribution in [0.4, 0.5) is 11.4 Å². The minimum Gasteiger partial charge on any atom is -0.379 e. The summed E-state index contributed by atoms with van der Waals surface area (Å²) in [5, 5.41) is 18.6. The molecule has 0 aliphatic carbocycles. The Morgan fingerprint density at radius 2 is 2.06 bits per heavy atom. The van der Waals surface area contributed by atoms with E-state index >= 15 is 0 Å². The molecule has 0 fully saturated rings. The van der Waals surface area contributed by atoms with Gasteiger partial charge in [0.15, 0.2) is 0 Å². The molecule has 0 atom stereocenters. The van der Waals surface area contributed by atoms with Gasteiger partial charge in [0.1, 0.15) is 5.69 Å². The third-order valence-corrected chi connectivity index (χ3v) is 3.10. The Labute approximate surface area is 104 Å². The third kappa shape index (κ3) is 3.65. The van der Waals surface area contributed by atoms with Crippen LogP contribution < -0.4 is 16.2 Å². The SMILES string of the molecule is NCCCNc1ccc(S(N)(=O)=O)cc1[N+](=O)[O-]. The van der Waals surface area contributed by atoms with Crippen LogP contribution in [0, 0.1) is 10.1 Å². The number of benzene rings is 1. The Bertz CT molecular complexity index is 543. The summed E-state index contributed by atoms with van der Waals surface area (Å²) in [7, 11) is -3.95. The van der Waals surface area contributed by atoms with Crippen molar-refractivity contribution in [3.63, 3.8) is 0 Å². The predicted octanol–water partition coefficient (Wildman–Crippen LogP) is 0.00290. The van der Waals surface area contributed by atoms with Crippen LogP contribution in [0.1, 0.15) is 6.42 Å². The highest BCUT2D eigenvalue weighted by molar-refractivity contribution is 7.89. The smallest absolute Gasteiger partial charge is 0.293 e. The van der Waals surface area contributed by atoms with Crippen LogP contribution in [0.25, 0.3) is 0 Å². The molecule has 0 aliphatic heterocycles. The number of hydrogen-bond donors (Lipinski definition) is 3. The molecule has 0 aliphatic rings. The molecule has 18 heavy (non-hydrogen) atoms. The molecule has 0 radical (unpaired) electrons. The first kappa shape index (κ1) is 14.4. The fraction of sp³-hybridized carbons (Fsp3) is 0.333. The molecule has 0 saturated heterocycles. The zero-order valence-corrected chi connectivity index (χ0v) is 10.3. The highest BCUT2D eigenvalue weighted by atomic mass is 32.2. The van der Waals surface area contributed by atoms with Crippen LogP contribution in [0.2, 0.25) is 0 Å². The van der Waals surface area contributed by atoms with E-state index in [1.165, 1.54) is 12.1 Å². The minimum absolute atomic E-state index is 0.237. The van der Waals surface area contributed by atoms with Crippen LogP contribution in [0.15, 0.2) is 23.1 Å². The number of nitro benzene ring substituents is 1. The zero-order chi connectivity index (χ0) is 13.8. The third-order valence-electron chi connectivity index (χ3n) is 2.19. The van der Waals surface area contributed by atoms with E-state index in [1.54, 1.807) is 0 Å². The average Bonchev–Trinajstić information content (AvgIpc) is 2.28. The van der Waals surface area contributed by atoms with Crippen molar-refractivity contribution in [3.8, 4) is 0 Å². The van der Waals surface area contributed by atoms with E-state index in [-0.39, 0.29) is 16.3 Å². The van der Waals surface area contributed by atoms with Crippen LogP contribution in [-0.4, -0.2) is 26.4 Å². The van der Waals surface area contributed by atoms with E-state index in [0.29, 0.717) is 19.5 Å². The zero-order valence-electron chi connectivity index (χ0n) is 9.50. The van der Waals surface area contributed by atoms with Crippen molar-refractivity contribution in [2.75, 3.05) is 18.4 Å². The number of sulfonamides is 1. The topological polar surface area (TPSA) is 141 Å². The van der Waals surface area contributed by atoms with Crippen LogP contribution in [-0.2, 0) is 10.0 Å². The number of anilines is 1. The van der Waals surface area contributed by atoms with Gasteiger partial charge in [-0.2, -0.15) is 0 Å². The molecule has 1 rings (SSSR count). The van der Waals surface area contributed by atoms with Gasteiger partial charge in [0, 0.05) is 12.6 Å². The molecule has 9 heteroatoms. The number of nitrogens with zero attached hydrogens (tertiary/aromatic N) is 1. The van der Waals surface area contributed by atoms with Gasteiger partial charge < -0.3 is 11.1 Å². The normalized spacial score (nSPS) is 11.2. The maximum atomic E-state index is 11.1. The number of nitrogens with one attached hydrogen (secondary N) is 1. The van der Waals surface area contributed by atoms with Gasteiger partial charge in [0.05, 0.1) is 9.82 Å². The second kappa shape index (κ2) is 5.76. The lowest BCUT2D eigenvalue weighted by Gasteiger charge is -2.07. The maximum absolute atomic E-state index is 11.1. The van der Waals surface area contributed by atoms with Crippen molar-refractivity contribution in [2.45, 2.75) is 11.3 Å². The van der Waals surface area contributed by atoms with Crippen molar-refractivity contribution in [3.05, 3.63) is 28.3 Å².